The first-order chi connectivity index (χ1) is 8.19. The van der Waals surface area contributed by atoms with E-state index in [-0.39, 0.29) is 0 Å². The number of hydrogen-bond donors (Lipinski definition) is 1. The lowest BCUT2D eigenvalue weighted by atomic mass is 10.2. The van der Waals surface area contributed by atoms with Crippen LogP contribution in [-0.4, -0.2) is 0 Å². The van der Waals surface area contributed by atoms with E-state index in [9.17, 15) is 0 Å². The highest BCUT2D eigenvalue weighted by Crippen LogP contribution is 2.25. The second-order valence-corrected chi connectivity index (χ2v) is 5.71. The van der Waals surface area contributed by atoms with Crippen molar-refractivity contribution in [1.29, 1.82) is 5.26 Å². The first kappa shape index (κ1) is 12.4. The second kappa shape index (κ2) is 5.54. The van der Waals surface area contributed by atoms with Crippen LogP contribution in [0.5, 0.6) is 0 Å². The van der Waals surface area contributed by atoms with E-state index in [0.29, 0.717) is 17.1 Å². The van der Waals surface area contributed by atoms with Gasteiger partial charge in [0.1, 0.15) is 0 Å². The van der Waals surface area contributed by atoms with Crippen molar-refractivity contribution >= 4 is 44.6 Å². The van der Waals surface area contributed by atoms with E-state index in [0.717, 1.165) is 10.2 Å². The molecule has 0 aliphatic heterocycles. The fraction of sp³-hybridized carbons (Fsp3) is 0.0833. The Kier molecular flexibility index (Phi) is 4.06. The molecule has 0 saturated heterocycles. The quantitative estimate of drug-likeness (QED) is 0.891. The molecule has 5 heteroatoms. The molecule has 1 heterocycles. The summed E-state index contributed by atoms with van der Waals surface area (Å²) in [4.78, 5) is 1.20. The van der Waals surface area contributed by atoms with Crippen LogP contribution >= 0.6 is 38.9 Å². The van der Waals surface area contributed by atoms with E-state index >= 15 is 0 Å². The average Bonchev–Trinajstić information content (AvgIpc) is 2.74. The summed E-state index contributed by atoms with van der Waals surface area (Å²) >= 11 is 11.1. The van der Waals surface area contributed by atoms with Gasteiger partial charge < -0.3 is 5.32 Å². The molecule has 1 N–H and O–H groups in total. The van der Waals surface area contributed by atoms with Crippen LogP contribution in [0.3, 0.4) is 0 Å². The standard InChI is InChI=1S/C12H8BrClN2S/c13-9-4-10(17-7-9)6-16-12-3-8(5-15)1-2-11(12)14/h1-4,7,16H,6H2. The number of benzene rings is 1. The SMILES string of the molecule is N#Cc1ccc(Cl)c(NCc2cc(Br)cs2)c1. The van der Waals surface area contributed by atoms with Gasteiger partial charge in [0.15, 0.2) is 0 Å². The normalized spacial score (nSPS) is 9.94. The number of nitrogens with zero attached hydrogens (tertiary/aromatic N) is 1. The molecule has 86 valence electrons. The summed E-state index contributed by atoms with van der Waals surface area (Å²) in [6.07, 6.45) is 0. The molecule has 1 aromatic carbocycles. The highest BCUT2D eigenvalue weighted by molar-refractivity contribution is 9.10. The molecule has 0 unspecified atom stereocenters. The van der Waals surface area contributed by atoms with Crippen molar-refractivity contribution in [2.75, 3.05) is 5.32 Å². The Morgan fingerprint density at radius 1 is 1.41 bits per heavy atom. The molecule has 0 bridgehead atoms. The van der Waals surface area contributed by atoms with E-state index < -0.39 is 0 Å². The van der Waals surface area contributed by atoms with Gasteiger partial charge >= 0.3 is 0 Å². The minimum atomic E-state index is 0.601. The van der Waals surface area contributed by atoms with Gasteiger partial charge in [0.2, 0.25) is 0 Å². The molecule has 0 atom stereocenters. The van der Waals surface area contributed by atoms with Gasteiger partial charge in [-0.2, -0.15) is 5.26 Å². The Balaban J connectivity index is 2.11. The van der Waals surface area contributed by atoms with Crippen molar-refractivity contribution in [1.82, 2.24) is 0 Å². The summed E-state index contributed by atoms with van der Waals surface area (Å²) in [6.45, 7) is 0.699. The predicted molar refractivity (Wildman–Crippen MR) is 75.5 cm³/mol. The first-order valence-corrected chi connectivity index (χ1v) is 6.90. The molecule has 2 nitrogen and oxygen atoms in total. The highest BCUT2D eigenvalue weighted by Gasteiger charge is 2.03. The van der Waals surface area contributed by atoms with E-state index in [1.54, 1.807) is 29.5 Å². The Morgan fingerprint density at radius 3 is 2.88 bits per heavy atom. The third-order valence-electron chi connectivity index (χ3n) is 2.17. The molecule has 1 aromatic heterocycles. The zero-order chi connectivity index (χ0) is 12.3. The van der Waals surface area contributed by atoms with Gasteiger partial charge in [-0.25, -0.2) is 0 Å². The molecule has 0 fully saturated rings. The summed E-state index contributed by atoms with van der Waals surface area (Å²) in [7, 11) is 0. The van der Waals surface area contributed by atoms with Gasteiger partial charge in [0, 0.05) is 21.3 Å². The summed E-state index contributed by atoms with van der Waals surface area (Å²) in [5.74, 6) is 0. The highest BCUT2D eigenvalue weighted by atomic mass is 79.9. The minimum absolute atomic E-state index is 0.601. The predicted octanol–water partition coefficient (Wildman–Crippen LogP) is 4.65. The van der Waals surface area contributed by atoms with Crippen LogP contribution in [-0.2, 0) is 6.54 Å². The minimum Gasteiger partial charge on any atom is -0.379 e. The van der Waals surface area contributed by atoms with Crippen molar-refractivity contribution < 1.29 is 0 Å². The molecule has 0 spiro atoms. The van der Waals surface area contributed by atoms with Crippen LogP contribution in [0.4, 0.5) is 5.69 Å². The number of hydrogen-bond acceptors (Lipinski definition) is 3. The van der Waals surface area contributed by atoms with Crippen LogP contribution in [0.25, 0.3) is 0 Å². The first-order valence-electron chi connectivity index (χ1n) is 4.85. The van der Waals surface area contributed by atoms with Gasteiger partial charge in [0.25, 0.3) is 0 Å². The van der Waals surface area contributed by atoms with E-state index in [1.807, 2.05) is 5.38 Å². The molecule has 0 radical (unpaired) electrons. The van der Waals surface area contributed by atoms with Crippen LogP contribution < -0.4 is 5.32 Å². The third-order valence-corrected chi connectivity index (χ3v) is 4.20. The molecule has 0 saturated carbocycles. The molecule has 2 aromatic rings. The maximum atomic E-state index is 8.82. The molecular formula is C12H8BrClN2S. The molecule has 0 aliphatic carbocycles. The topological polar surface area (TPSA) is 35.8 Å². The average molecular weight is 328 g/mol. The lowest BCUT2D eigenvalue weighted by molar-refractivity contribution is 1.19. The van der Waals surface area contributed by atoms with Crippen molar-refractivity contribution in [3.63, 3.8) is 0 Å². The van der Waals surface area contributed by atoms with Gasteiger partial charge in [-0.15, -0.1) is 11.3 Å². The van der Waals surface area contributed by atoms with Crippen molar-refractivity contribution in [3.8, 4) is 6.07 Å². The summed E-state index contributed by atoms with van der Waals surface area (Å²) in [5.41, 5.74) is 1.39. The zero-order valence-corrected chi connectivity index (χ0v) is 11.9. The van der Waals surface area contributed by atoms with E-state index in [2.05, 4.69) is 33.4 Å². The Labute approximate surface area is 117 Å². The van der Waals surface area contributed by atoms with Crippen molar-refractivity contribution in [2.24, 2.45) is 0 Å². The lowest BCUT2D eigenvalue weighted by Gasteiger charge is -2.07. The lowest BCUT2D eigenvalue weighted by Crippen LogP contribution is -1.98. The second-order valence-electron chi connectivity index (χ2n) is 3.39. The molecule has 17 heavy (non-hydrogen) atoms. The van der Waals surface area contributed by atoms with Crippen LogP contribution in [0, 0.1) is 11.3 Å². The van der Waals surface area contributed by atoms with Crippen LogP contribution in [0.15, 0.2) is 34.1 Å². The number of rotatable bonds is 3. The molecular weight excluding hydrogens is 320 g/mol. The number of halogens is 2. The Hall–Kier alpha value is -1.02. The smallest absolute Gasteiger partial charge is 0.0992 e. The maximum Gasteiger partial charge on any atom is 0.0992 e. The summed E-state index contributed by atoms with van der Waals surface area (Å²) < 4.78 is 1.08. The molecule has 2 rings (SSSR count). The third kappa shape index (κ3) is 3.22. The summed E-state index contributed by atoms with van der Waals surface area (Å²) in [5, 5.41) is 14.7. The van der Waals surface area contributed by atoms with Crippen LogP contribution in [0.1, 0.15) is 10.4 Å². The molecule has 0 aliphatic rings. The number of nitrogens with one attached hydrogen (secondary N) is 1. The number of anilines is 1. The largest absolute Gasteiger partial charge is 0.379 e. The molecule has 0 amide bonds. The van der Waals surface area contributed by atoms with Gasteiger partial charge in [-0.05, 0) is 40.2 Å². The Bertz CT molecular complexity index is 574. The zero-order valence-electron chi connectivity index (χ0n) is 8.71. The van der Waals surface area contributed by atoms with E-state index in [1.165, 1.54) is 4.88 Å². The number of thiophene rings is 1. The van der Waals surface area contributed by atoms with Crippen LogP contribution in [0.2, 0.25) is 5.02 Å². The van der Waals surface area contributed by atoms with Gasteiger partial charge in [-0.3, -0.25) is 0 Å². The van der Waals surface area contributed by atoms with Gasteiger partial charge in [-0.1, -0.05) is 11.6 Å². The maximum absolute atomic E-state index is 8.82. The number of nitriles is 1. The Morgan fingerprint density at radius 2 is 2.24 bits per heavy atom. The monoisotopic (exact) mass is 326 g/mol. The van der Waals surface area contributed by atoms with Crippen molar-refractivity contribution in [3.05, 3.63) is 49.6 Å². The van der Waals surface area contributed by atoms with E-state index in [4.69, 9.17) is 16.9 Å². The fourth-order valence-corrected chi connectivity index (χ4v) is 2.93. The van der Waals surface area contributed by atoms with Crippen molar-refractivity contribution in [2.45, 2.75) is 6.54 Å². The fourth-order valence-electron chi connectivity index (χ4n) is 1.36. The summed E-state index contributed by atoms with van der Waals surface area (Å²) in [6, 6.07) is 9.34. The van der Waals surface area contributed by atoms with Gasteiger partial charge in [0.05, 0.1) is 22.3 Å².